The Morgan fingerprint density at radius 3 is 2.52 bits per heavy atom. The number of likely N-dealkylation sites (tertiary alicyclic amines) is 2. The van der Waals surface area contributed by atoms with Gasteiger partial charge in [-0.2, -0.15) is 0 Å². The summed E-state index contributed by atoms with van der Waals surface area (Å²) in [6.07, 6.45) is 3.89. The molecule has 0 aromatic heterocycles. The lowest BCUT2D eigenvalue weighted by Crippen LogP contribution is -2.53. The second-order valence-corrected chi connectivity index (χ2v) is 6.95. The number of likely N-dealkylation sites (N-methyl/N-ethyl adjacent to an activating group) is 1. The molecule has 0 aromatic carbocycles. The number of amides is 2. The zero-order valence-electron chi connectivity index (χ0n) is 14.3. The van der Waals surface area contributed by atoms with E-state index in [1.54, 1.807) is 11.9 Å². The van der Waals surface area contributed by atoms with E-state index in [1.807, 2.05) is 6.92 Å². The molecule has 2 amide bonds. The summed E-state index contributed by atoms with van der Waals surface area (Å²) in [5.74, 6) is 0.337. The summed E-state index contributed by atoms with van der Waals surface area (Å²) in [7, 11) is 3.91. The van der Waals surface area contributed by atoms with Crippen LogP contribution in [0.4, 0.5) is 0 Å². The number of carbonyl (C=O) groups excluding carboxylic acids is 2. The van der Waals surface area contributed by atoms with Gasteiger partial charge in [0.05, 0.1) is 17.6 Å². The molecule has 2 rings (SSSR count). The van der Waals surface area contributed by atoms with E-state index in [9.17, 15) is 9.59 Å². The Balaban J connectivity index is 1.92. The van der Waals surface area contributed by atoms with Crippen LogP contribution >= 0.6 is 12.2 Å². The Hall–Kier alpha value is -1.15. The second-order valence-electron chi connectivity index (χ2n) is 6.53. The monoisotopic (exact) mass is 338 g/mol. The van der Waals surface area contributed by atoms with Crippen molar-refractivity contribution in [3.8, 4) is 0 Å². The highest BCUT2D eigenvalue weighted by Crippen LogP contribution is 2.19. The fourth-order valence-corrected chi connectivity index (χ4v) is 3.80. The predicted molar refractivity (Wildman–Crippen MR) is 97.1 cm³/mol. The minimum absolute atomic E-state index is 0.0199. The van der Waals surface area contributed by atoms with E-state index in [2.05, 4.69) is 23.4 Å². The molecule has 2 fully saturated rings. The van der Waals surface area contributed by atoms with Crippen LogP contribution < -0.4 is 10.6 Å². The molecule has 2 N–H and O–H groups in total. The molecule has 0 saturated carbocycles. The highest BCUT2D eigenvalue weighted by Gasteiger charge is 2.35. The zero-order chi connectivity index (χ0) is 17.0. The van der Waals surface area contributed by atoms with E-state index in [0.717, 1.165) is 37.2 Å². The van der Waals surface area contributed by atoms with Crippen LogP contribution in [0.2, 0.25) is 0 Å². The molecule has 0 radical (unpaired) electrons. The summed E-state index contributed by atoms with van der Waals surface area (Å²) in [5.41, 5.74) is 0. The van der Waals surface area contributed by atoms with Gasteiger partial charge in [-0.05, 0) is 45.6 Å². The van der Waals surface area contributed by atoms with Gasteiger partial charge in [0.25, 0.3) is 0 Å². The number of thiocarbonyl (C=S) groups is 1. The summed E-state index contributed by atoms with van der Waals surface area (Å²) >= 11 is 5.55. The summed E-state index contributed by atoms with van der Waals surface area (Å²) in [6.45, 7) is 3.82. The first-order valence-corrected chi connectivity index (χ1v) is 8.91. The normalized spacial score (nSPS) is 25.5. The Kier molecular flexibility index (Phi) is 6.41. The molecule has 128 valence electrons. The van der Waals surface area contributed by atoms with Crippen LogP contribution in [0.3, 0.4) is 0 Å². The van der Waals surface area contributed by atoms with Crippen molar-refractivity contribution in [3.63, 3.8) is 0 Å². The van der Waals surface area contributed by atoms with Crippen LogP contribution in [0.15, 0.2) is 0 Å². The van der Waals surface area contributed by atoms with Crippen LogP contribution in [0, 0.1) is 0 Å². The molecule has 2 heterocycles. The fourth-order valence-electron chi connectivity index (χ4n) is 3.47. The van der Waals surface area contributed by atoms with Crippen LogP contribution in [0.5, 0.6) is 0 Å². The molecule has 2 saturated heterocycles. The molecule has 6 nitrogen and oxygen atoms in total. The van der Waals surface area contributed by atoms with Gasteiger partial charge in [-0.25, -0.2) is 0 Å². The fraction of sp³-hybridized carbons (Fsp3) is 0.800. The molecular formula is C15H27BN4O2S. The first-order chi connectivity index (χ1) is 11.0. The lowest BCUT2D eigenvalue weighted by Gasteiger charge is -2.30. The Morgan fingerprint density at radius 1 is 1.26 bits per heavy atom. The van der Waals surface area contributed by atoms with Gasteiger partial charge in [-0.3, -0.25) is 9.59 Å². The van der Waals surface area contributed by atoms with E-state index < -0.39 is 0 Å². The Labute approximate surface area is 144 Å². The van der Waals surface area contributed by atoms with Gasteiger partial charge in [0.15, 0.2) is 0 Å². The highest BCUT2D eigenvalue weighted by atomic mass is 32.1. The molecule has 2 aliphatic heterocycles. The van der Waals surface area contributed by atoms with Crippen molar-refractivity contribution in [2.45, 2.75) is 50.6 Å². The van der Waals surface area contributed by atoms with Gasteiger partial charge in [-0.15, -0.1) is 0 Å². The molecule has 8 heteroatoms. The first kappa shape index (κ1) is 18.2. The molecule has 0 bridgehead atoms. The SMILES string of the molecule is B[C@@H]1CCCN1C(=S)[C@H](C)NC(=O)[C@@H]1CCCN1C(=O)CNC. The van der Waals surface area contributed by atoms with Crippen molar-refractivity contribution in [1.82, 2.24) is 20.4 Å². The molecule has 23 heavy (non-hydrogen) atoms. The first-order valence-electron chi connectivity index (χ1n) is 8.50. The number of nitrogens with zero attached hydrogens (tertiary/aromatic N) is 2. The van der Waals surface area contributed by atoms with Crippen molar-refractivity contribution in [2.75, 3.05) is 26.7 Å². The highest BCUT2D eigenvalue weighted by molar-refractivity contribution is 7.80. The van der Waals surface area contributed by atoms with Crippen LogP contribution in [-0.4, -0.2) is 79.2 Å². The lowest BCUT2D eigenvalue weighted by atomic mass is 9.94. The van der Waals surface area contributed by atoms with Crippen LogP contribution in [-0.2, 0) is 9.59 Å². The van der Waals surface area contributed by atoms with Gasteiger partial charge < -0.3 is 20.4 Å². The van der Waals surface area contributed by atoms with Crippen LogP contribution in [0.25, 0.3) is 0 Å². The minimum atomic E-state index is -0.364. The maximum Gasteiger partial charge on any atom is 0.243 e. The molecule has 0 unspecified atom stereocenters. The van der Waals surface area contributed by atoms with Gasteiger partial charge in [0, 0.05) is 13.1 Å². The van der Waals surface area contributed by atoms with E-state index >= 15 is 0 Å². The molecule has 3 atom stereocenters. The Bertz CT molecular complexity index is 476. The lowest BCUT2D eigenvalue weighted by molar-refractivity contribution is -0.137. The van der Waals surface area contributed by atoms with Crippen LogP contribution in [0.1, 0.15) is 32.6 Å². The third-order valence-electron chi connectivity index (χ3n) is 4.77. The smallest absolute Gasteiger partial charge is 0.243 e. The van der Waals surface area contributed by atoms with Crippen molar-refractivity contribution in [3.05, 3.63) is 0 Å². The molecule has 0 aromatic rings. The number of rotatable bonds is 5. The Morgan fingerprint density at radius 2 is 1.91 bits per heavy atom. The van der Waals surface area contributed by atoms with E-state index in [-0.39, 0.29) is 30.4 Å². The second kappa shape index (κ2) is 8.10. The third kappa shape index (κ3) is 4.23. The van der Waals surface area contributed by atoms with E-state index in [1.165, 1.54) is 0 Å². The van der Waals surface area contributed by atoms with Gasteiger partial charge in [0.2, 0.25) is 11.8 Å². The summed E-state index contributed by atoms with van der Waals surface area (Å²) in [6, 6.07) is -0.544. The average molecular weight is 338 g/mol. The maximum atomic E-state index is 12.6. The van der Waals surface area contributed by atoms with Gasteiger partial charge in [0.1, 0.15) is 13.9 Å². The number of nitrogens with one attached hydrogen (secondary N) is 2. The van der Waals surface area contributed by atoms with E-state index in [0.29, 0.717) is 12.5 Å². The molecular weight excluding hydrogens is 311 g/mol. The van der Waals surface area contributed by atoms with E-state index in [4.69, 9.17) is 12.2 Å². The summed E-state index contributed by atoms with van der Waals surface area (Å²) < 4.78 is 0. The number of carbonyl (C=O) groups is 2. The largest absolute Gasteiger partial charge is 0.370 e. The topological polar surface area (TPSA) is 64.7 Å². The zero-order valence-corrected chi connectivity index (χ0v) is 15.1. The number of hydrogen-bond acceptors (Lipinski definition) is 4. The molecule has 2 aliphatic rings. The number of hydrogen-bond donors (Lipinski definition) is 2. The van der Waals surface area contributed by atoms with Crippen molar-refractivity contribution < 1.29 is 9.59 Å². The van der Waals surface area contributed by atoms with Gasteiger partial charge in [-0.1, -0.05) is 12.2 Å². The van der Waals surface area contributed by atoms with Crippen molar-refractivity contribution >= 4 is 36.9 Å². The molecule has 0 aliphatic carbocycles. The standard InChI is InChI=1S/C15H27BN4O2S/c1-10(15(23)20-8-4-6-12(20)16)18-14(22)11-5-3-7-19(11)13(21)9-17-2/h10-12,17H,3-9,16H2,1-2H3,(H,18,22)/t10-,11-,12-/m0/s1. The van der Waals surface area contributed by atoms with Crippen molar-refractivity contribution in [2.24, 2.45) is 0 Å². The quantitative estimate of drug-likeness (QED) is 0.502. The summed E-state index contributed by atoms with van der Waals surface area (Å²) in [4.78, 5) is 29.3. The average Bonchev–Trinajstić information content (AvgIpc) is 3.15. The minimum Gasteiger partial charge on any atom is -0.370 e. The van der Waals surface area contributed by atoms with Crippen molar-refractivity contribution in [1.29, 1.82) is 0 Å². The van der Waals surface area contributed by atoms with Gasteiger partial charge >= 0.3 is 0 Å². The molecule has 0 spiro atoms. The maximum absolute atomic E-state index is 12.6. The predicted octanol–water partition coefficient (Wildman–Crippen LogP) is -0.916. The summed E-state index contributed by atoms with van der Waals surface area (Å²) in [5, 5.41) is 5.86. The third-order valence-corrected chi connectivity index (χ3v) is 5.36.